The lowest BCUT2D eigenvalue weighted by atomic mass is 9.63. The van der Waals surface area contributed by atoms with Crippen molar-refractivity contribution in [1.29, 1.82) is 0 Å². The minimum atomic E-state index is -0.841. The summed E-state index contributed by atoms with van der Waals surface area (Å²) in [5.74, 6) is 5.28. The predicted octanol–water partition coefficient (Wildman–Crippen LogP) is 22.0. The second kappa shape index (κ2) is 25.0. The van der Waals surface area contributed by atoms with Crippen LogP contribution in [0.5, 0.6) is 23.0 Å². The Morgan fingerprint density at radius 3 is 0.798 bits per heavy atom. The minimum absolute atomic E-state index is 0.447. The maximum absolute atomic E-state index is 6.50. The molecule has 0 N–H and O–H groups in total. The molecular weight excluding hydrogens is 1220 g/mol. The quantitative estimate of drug-likeness (QED) is 0.0678. The van der Waals surface area contributed by atoms with Crippen LogP contribution in [-0.4, -0.2) is 26.4 Å². The first-order chi connectivity index (χ1) is 43.4. The molecule has 6 heteroatoms. The van der Waals surface area contributed by atoms with Crippen molar-refractivity contribution in [2.24, 2.45) is 23.7 Å². The highest BCUT2D eigenvalue weighted by atomic mass is 79.9. The third kappa shape index (κ3) is 10.3. The van der Waals surface area contributed by atoms with Crippen molar-refractivity contribution >= 4 is 31.9 Å². The van der Waals surface area contributed by atoms with E-state index in [9.17, 15) is 0 Å². The average molecular weight is 1300 g/mol. The highest BCUT2D eigenvalue weighted by Gasteiger charge is 2.53. The predicted molar refractivity (Wildman–Crippen MR) is 374 cm³/mol. The maximum Gasteiger partial charge on any atom is 0.119 e. The van der Waals surface area contributed by atoms with Crippen LogP contribution < -0.4 is 18.9 Å². The Labute approximate surface area is 545 Å². The third-order valence-corrected chi connectivity index (χ3v) is 21.1. The Morgan fingerprint density at radius 2 is 0.506 bits per heavy atom. The van der Waals surface area contributed by atoms with Crippen LogP contribution in [0.3, 0.4) is 0 Å². The van der Waals surface area contributed by atoms with Crippen molar-refractivity contribution in [3.05, 3.63) is 294 Å². The van der Waals surface area contributed by atoms with Gasteiger partial charge < -0.3 is 18.9 Å². The molecule has 3 aliphatic carbocycles. The van der Waals surface area contributed by atoms with Gasteiger partial charge in [-0.25, -0.2) is 0 Å². The first-order valence-corrected chi connectivity index (χ1v) is 34.0. The summed E-state index contributed by atoms with van der Waals surface area (Å²) in [6, 6.07) is 82.9. The lowest BCUT2D eigenvalue weighted by Gasteiger charge is -2.38. The van der Waals surface area contributed by atoms with Gasteiger partial charge in [0.1, 0.15) is 23.0 Å². The van der Waals surface area contributed by atoms with Gasteiger partial charge in [0.15, 0.2) is 0 Å². The molecule has 10 aromatic carbocycles. The van der Waals surface area contributed by atoms with Crippen molar-refractivity contribution < 1.29 is 18.9 Å². The molecule has 0 spiro atoms. The first-order valence-electron chi connectivity index (χ1n) is 32.4. The second-order valence-electron chi connectivity index (χ2n) is 25.6. The summed E-state index contributed by atoms with van der Waals surface area (Å²) in [5, 5.41) is 0. The molecule has 0 fully saturated rings. The fourth-order valence-corrected chi connectivity index (χ4v) is 15.0. The third-order valence-electron chi connectivity index (χ3n) is 20.1. The Balaban J connectivity index is 1.08. The zero-order valence-corrected chi connectivity index (χ0v) is 55.8. The molecular formula is C83H80Br2O4. The zero-order chi connectivity index (χ0) is 61.6. The van der Waals surface area contributed by atoms with E-state index in [1.54, 1.807) is 0 Å². The van der Waals surface area contributed by atoms with E-state index < -0.39 is 16.2 Å². The van der Waals surface area contributed by atoms with Crippen LogP contribution in [-0.2, 0) is 16.2 Å². The molecule has 10 aromatic rings. The molecule has 13 rings (SSSR count). The number of halogens is 2. The normalized spacial score (nSPS) is 17.7. The van der Waals surface area contributed by atoms with E-state index in [1.807, 2.05) is 0 Å². The highest BCUT2D eigenvalue weighted by Crippen LogP contribution is 2.64. The van der Waals surface area contributed by atoms with Crippen LogP contribution in [0.15, 0.2) is 227 Å². The molecule has 4 atom stereocenters. The van der Waals surface area contributed by atoms with Crippen molar-refractivity contribution in [3.63, 3.8) is 0 Å². The van der Waals surface area contributed by atoms with E-state index in [0.717, 1.165) is 57.6 Å². The van der Waals surface area contributed by atoms with Crippen molar-refractivity contribution in [1.82, 2.24) is 0 Å². The Bertz CT molecular complexity index is 3800. The number of benzene rings is 10. The molecule has 89 heavy (non-hydrogen) atoms. The van der Waals surface area contributed by atoms with Crippen LogP contribution in [0.1, 0.15) is 148 Å². The van der Waals surface area contributed by atoms with Crippen molar-refractivity contribution in [3.8, 4) is 56.4 Å². The summed E-state index contributed by atoms with van der Waals surface area (Å²) in [4.78, 5) is 0. The number of hydrogen-bond donors (Lipinski definition) is 0. The topological polar surface area (TPSA) is 36.9 Å². The zero-order valence-electron chi connectivity index (χ0n) is 52.6. The molecule has 0 saturated heterocycles. The lowest BCUT2D eigenvalue weighted by Crippen LogP contribution is -2.33. The van der Waals surface area contributed by atoms with Gasteiger partial charge in [-0.3, -0.25) is 0 Å². The largest absolute Gasteiger partial charge is 0.493 e. The van der Waals surface area contributed by atoms with Crippen LogP contribution in [0.2, 0.25) is 0 Å². The number of fused-ring (bicyclic) bond motifs is 9. The summed E-state index contributed by atoms with van der Waals surface area (Å²) in [6.45, 7) is 20.6. The molecule has 4 unspecified atom stereocenters. The van der Waals surface area contributed by atoms with E-state index in [1.165, 1.54) is 100 Å². The van der Waals surface area contributed by atoms with Crippen LogP contribution in [0.4, 0.5) is 0 Å². The van der Waals surface area contributed by atoms with Crippen LogP contribution in [0, 0.1) is 23.7 Å². The monoisotopic (exact) mass is 1300 g/mol. The molecule has 0 aliphatic heterocycles. The smallest absolute Gasteiger partial charge is 0.119 e. The van der Waals surface area contributed by atoms with E-state index in [4.69, 9.17) is 18.9 Å². The number of rotatable bonds is 22. The van der Waals surface area contributed by atoms with E-state index >= 15 is 0 Å². The van der Waals surface area contributed by atoms with E-state index in [-0.39, 0.29) is 0 Å². The van der Waals surface area contributed by atoms with Gasteiger partial charge in [0.05, 0.1) is 42.7 Å². The second-order valence-corrected chi connectivity index (χ2v) is 27.5. The van der Waals surface area contributed by atoms with E-state index in [2.05, 4.69) is 306 Å². The van der Waals surface area contributed by atoms with Gasteiger partial charge in [0, 0.05) is 8.95 Å². The summed E-state index contributed by atoms with van der Waals surface area (Å²) in [7, 11) is 0. The van der Waals surface area contributed by atoms with Crippen molar-refractivity contribution in [2.75, 3.05) is 26.4 Å². The fourth-order valence-electron chi connectivity index (χ4n) is 14.3. The SMILES string of the molecule is CCC(C)COc1ccc(C2(c3ccc(OCC(C)CC)cc3)c3ccccc3-c3ccc(C4(c5ccc6c(c5)C(c5ccc(OCC(C)CC)cc5)(c5ccc(OCC(C)CC)cc5)c5ccccc5-6)c5cc(Br)ccc5-c5ccc(Br)cc54)cc32)cc1. The Morgan fingerprint density at radius 1 is 0.270 bits per heavy atom. The van der Waals surface area contributed by atoms with Gasteiger partial charge in [-0.1, -0.05) is 259 Å². The molecule has 0 bridgehead atoms. The highest BCUT2D eigenvalue weighted by molar-refractivity contribution is 9.10. The Hall–Kier alpha value is -7.64. The van der Waals surface area contributed by atoms with Gasteiger partial charge in [0.25, 0.3) is 0 Å². The summed E-state index contributed by atoms with van der Waals surface area (Å²) in [6.07, 6.45) is 4.23. The molecule has 0 heterocycles. The fraction of sp³-hybridized carbons (Fsp3) is 0.277. The lowest BCUT2D eigenvalue weighted by molar-refractivity contribution is 0.256. The van der Waals surface area contributed by atoms with Crippen molar-refractivity contribution in [2.45, 2.75) is 97.3 Å². The minimum Gasteiger partial charge on any atom is -0.493 e. The molecule has 0 amide bonds. The first kappa shape index (κ1) is 60.3. The van der Waals surface area contributed by atoms with Gasteiger partial charge in [-0.15, -0.1) is 0 Å². The number of hydrogen-bond acceptors (Lipinski definition) is 4. The average Bonchev–Trinajstić information content (AvgIpc) is 1.58. The molecule has 0 aromatic heterocycles. The molecule has 3 aliphatic rings. The molecule has 4 nitrogen and oxygen atoms in total. The van der Waals surface area contributed by atoms with Crippen LogP contribution in [0.25, 0.3) is 33.4 Å². The van der Waals surface area contributed by atoms with Crippen LogP contribution >= 0.6 is 31.9 Å². The van der Waals surface area contributed by atoms with E-state index in [0.29, 0.717) is 50.1 Å². The summed E-state index contributed by atoms with van der Waals surface area (Å²) < 4.78 is 28.1. The summed E-state index contributed by atoms with van der Waals surface area (Å²) in [5.41, 5.74) is 19.4. The van der Waals surface area contributed by atoms with Gasteiger partial charge in [0.2, 0.25) is 0 Å². The number of ether oxygens (including phenoxy) is 4. The molecule has 0 radical (unpaired) electrons. The summed E-state index contributed by atoms with van der Waals surface area (Å²) >= 11 is 8.17. The molecule has 0 saturated carbocycles. The molecule has 450 valence electrons. The van der Waals surface area contributed by atoms with Gasteiger partial charge in [-0.2, -0.15) is 0 Å². The van der Waals surface area contributed by atoms with Gasteiger partial charge >= 0.3 is 0 Å². The Kier molecular flexibility index (Phi) is 16.9. The van der Waals surface area contributed by atoms with Gasteiger partial charge in [-0.05, 0) is 197 Å². The standard InChI is InChI=1S/C83H80Br2O4/c1-9-53(5)49-86-65-33-21-57(22-34-65)81(58-23-35-66(36-24-58)87-50-54(6)10-2)75-19-15-13-17-69(75)71-41-29-61(45-77(71)81)83(79-47-63(84)31-43-73(79)74-44-32-64(85)48-80(74)83)62-30-42-72-70-18-14-16-20-76(70)82(78(72)46-62,59-25-37-67(38-26-59)88-51-55(7)11-3)60-27-39-68(40-28-60)89-52-56(8)12-4/h13-48,53-56H,9-12,49-52H2,1-8H3. The maximum atomic E-state index is 6.50.